The SMILES string of the molecule is CCCC[C@H](NC(=O)[C@@H](NC(=O)OCC1c2ccccc2-c2ccccc21)[C@@H](C)OC)C(=O)O. The molecule has 1 aliphatic carbocycles. The van der Waals surface area contributed by atoms with Crippen molar-refractivity contribution in [1.29, 1.82) is 0 Å². The van der Waals surface area contributed by atoms with Crippen LogP contribution in [0.4, 0.5) is 4.79 Å². The Bertz CT molecular complexity index is 978. The maximum atomic E-state index is 12.8. The van der Waals surface area contributed by atoms with Gasteiger partial charge in [0.2, 0.25) is 5.91 Å². The van der Waals surface area contributed by atoms with Crippen molar-refractivity contribution in [2.24, 2.45) is 0 Å². The van der Waals surface area contributed by atoms with Gasteiger partial charge in [-0.05, 0) is 35.6 Å². The first-order valence-electron chi connectivity index (χ1n) is 11.5. The van der Waals surface area contributed by atoms with E-state index in [2.05, 4.69) is 10.6 Å². The molecule has 1 aliphatic rings. The number of alkyl carbamates (subject to hydrolysis) is 1. The normalized spacial score (nSPS) is 14.9. The molecule has 3 atom stereocenters. The van der Waals surface area contributed by atoms with Gasteiger partial charge in [-0.3, -0.25) is 4.79 Å². The topological polar surface area (TPSA) is 114 Å². The van der Waals surface area contributed by atoms with E-state index < -0.39 is 36.2 Å². The Kier molecular flexibility index (Phi) is 8.65. The lowest BCUT2D eigenvalue weighted by atomic mass is 9.98. The third-order valence-electron chi connectivity index (χ3n) is 6.20. The van der Waals surface area contributed by atoms with Crippen LogP contribution in [0.3, 0.4) is 0 Å². The molecule has 2 aromatic rings. The van der Waals surface area contributed by atoms with Crippen LogP contribution in [0.5, 0.6) is 0 Å². The summed E-state index contributed by atoms with van der Waals surface area (Å²) in [5.41, 5.74) is 4.39. The lowest BCUT2D eigenvalue weighted by Gasteiger charge is -2.25. The molecule has 0 radical (unpaired) electrons. The second-order valence-electron chi connectivity index (χ2n) is 8.43. The first-order chi connectivity index (χ1) is 16.4. The monoisotopic (exact) mass is 468 g/mol. The van der Waals surface area contributed by atoms with Crippen molar-refractivity contribution in [2.75, 3.05) is 13.7 Å². The third-order valence-corrected chi connectivity index (χ3v) is 6.20. The molecule has 0 saturated heterocycles. The Morgan fingerprint density at radius 3 is 2.12 bits per heavy atom. The molecule has 0 unspecified atom stereocenters. The van der Waals surface area contributed by atoms with Gasteiger partial charge < -0.3 is 25.2 Å². The molecule has 0 heterocycles. The van der Waals surface area contributed by atoms with E-state index in [-0.39, 0.29) is 12.5 Å². The third kappa shape index (κ3) is 5.75. The Balaban J connectivity index is 1.66. The molecule has 34 heavy (non-hydrogen) atoms. The molecule has 3 N–H and O–H groups in total. The maximum absolute atomic E-state index is 12.8. The van der Waals surface area contributed by atoms with E-state index >= 15 is 0 Å². The summed E-state index contributed by atoms with van der Waals surface area (Å²) in [6.07, 6.45) is 0.292. The molecule has 8 heteroatoms. The Morgan fingerprint density at radius 1 is 1.00 bits per heavy atom. The zero-order valence-corrected chi connectivity index (χ0v) is 19.7. The lowest BCUT2D eigenvalue weighted by molar-refractivity contribution is -0.142. The van der Waals surface area contributed by atoms with E-state index in [0.29, 0.717) is 12.8 Å². The molecular weight excluding hydrogens is 436 g/mol. The molecule has 8 nitrogen and oxygen atoms in total. The number of carbonyl (C=O) groups excluding carboxylic acids is 2. The van der Waals surface area contributed by atoms with E-state index in [4.69, 9.17) is 9.47 Å². The molecule has 182 valence electrons. The molecule has 0 saturated carbocycles. The van der Waals surface area contributed by atoms with Crippen LogP contribution in [0.1, 0.15) is 50.2 Å². The van der Waals surface area contributed by atoms with Crippen LogP contribution in [0.15, 0.2) is 48.5 Å². The van der Waals surface area contributed by atoms with Crippen molar-refractivity contribution in [3.8, 4) is 11.1 Å². The van der Waals surface area contributed by atoms with Gasteiger partial charge in [-0.2, -0.15) is 0 Å². The van der Waals surface area contributed by atoms with Crippen LogP contribution in [0.2, 0.25) is 0 Å². The first-order valence-corrected chi connectivity index (χ1v) is 11.5. The van der Waals surface area contributed by atoms with Gasteiger partial charge in [0.25, 0.3) is 0 Å². The zero-order chi connectivity index (χ0) is 24.7. The fourth-order valence-electron chi connectivity index (χ4n) is 4.23. The number of amides is 2. The summed E-state index contributed by atoms with van der Waals surface area (Å²) in [5, 5.41) is 14.5. The minimum Gasteiger partial charge on any atom is -0.480 e. The molecular formula is C26H32N2O6. The quantitative estimate of drug-likeness (QED) is 0.464. The fourth-order valence-corrected chi connectivity index (χ4v) is 4.23. The number of hydrogen-bond donors (Lipinski definition) is 3. The van der Waals surface area contributed by atoms with Gasteiger partial charge in [-0.1, -0.05) is 68.3 Å². The Morgan fingerprint density at radius 2 is 1.59 bits per heavy atom. The Labute approximate surface area is 199 Å². The van der Waals surface area contributed by atoms with E-state index in [1.54, 1.807) is 6.92 Å². The number of hydrogen-bond acceptors (Lipinski definition) is 5. The number of unbranched alkanes of at least 4 members (excludes halogenated alkanes) is 1. The van der Waals surface area contributed by atoms with Crippen molar-refractivity contribution in [3.05, 3.63) is 59.7 Å². The summed E-state index contributed by atoms with van der Waals surface area (Å²) in [6, 6.07) is 13.9. The maximum Gasteiger partial charge on any atom is 0.407 e. The highest BCUT2D eigenvalue weighted by atomic mass is 16.5. The Hall–Kier alpha value is -3.39. The molecule has 2 amide bonds. The van der Waals surface area contributed by atoms with Crippen molar-refractivity contribution < 1.29 is 29.0 Å². The number of nitrogens with one attached hydrogen (secondary N) is 2. The molecule has 2 aromatic carbocycles. The van der Waals surface area contributed by atoms with Crippen LogP contribution >= 0.6 is 0 Å². The highest BCUT2D eigenvalue weighted by Gasteiger charge is 2.32. The van der Waals surface area contributed by atoms with Crippen LogP contribution < -0.4 is 10.6 Å². The van der Waals surface area contributed by atoms with Crippen molar-refractivity contribution in [3.63, 3.8) is 0 Å². The summed E-state index contributed by atoms with van der Waals surface area (Å²) >= 11 is 0. The van der Waals surface area contributed by atoms with Gasteiger partial charge in [0.1, 0.15) is 18.7 Å². The molecule has 0 spiro atoms. The summed E-state index contributed by atoms with van der Waals surface area (Å²) < 4.78 is 10.8. The number of benzene rings is 2. The predicted molar refractivity (Wildman–Crippen MR) is 128 cm³/mol. The van der Waals surface area contributed by atoms with Crippen molar-refractivity contribution in [1.82, 2.24) is 10.6 Å². The fraction of sp³-hybridized carbons (Fsp3) is 0.423. The number of rotatable bonds is 11. The van der Waals surface area contributed by atoms with Crippen LogP contribution in [0, 0.1) is 0 Å². The lowest BCUT2D eigenvalue weighted by Crippen LogP contribution is -2.56. The van der Waals surface area contributed by atoms with Gasteiger partial charge in [0.05, 0.1) is 6.10 Å². The van der Waals surface area contributed by atoms with Gasteiger partial charge in [0, 0.05) is 13.0 Å². The summed E-state index contributed by atoms with van der Waals surface area (Å²) in [5.74, 6) is -1.87. The largest absolute Gasteiger partial charge is 0.480 e. The number of carboxylic acids is 1. The van der Waals surface area contributed by atoms with Gasteiger partial charge in [0.15, 0.2) is 0 Å². The average Bonchev–Trinajstić information content (AvgIpc) is 3.16. The zero-order valence-electron chi connectivity index (χ0n) is 19.7. The van der Waals surface area contributed by atoms with Crippen molar-refractivity contribution >= 4 is 18.0 Å². The second-order valence-corrected chi connectivity index (χ2v) is 8.43. The summed E-state index contributed by atoms with van der Waals surface area (Å²) in [4.78, 5) is 37.0. The van der Waals surface area contributed by atoms with E-state index in [1.807, 2.05) is 55.5 Å². The minimum absolute atomic E-state index is 0.101. The molecule has 3 rings (SSSR count). The van der Waals surface area contributed by atoms with E-state index in [0.717, 1.165) is 28.7 Å². The van der Waals surface area contributed by atoms with Gasteiger partial charge >= 0.3 is 12.1 Å². The smallest absolute Gasteiger partial charge is 0.407 e. The average molecular weight is 469 g/mol. The van der Waals surface area contributed by atoms with Gasteiger partial charge in [-0.15, -0.1) is 0 Å². The molecule has 0 fully saturated rings. The number of methoxy groups -OCH3 is 1. The van der Waals surface area contributed by atoms with Gasteiger partial charge in [-0.25, -0.2) is 9.59 Å². The van der Waals surface area contributed by atoms with E-state index in [1.165, 1.54) is 7.11 Å². The highest BCUT2D eigenvalue weighted by molar-refractivity contribution is 5.89. The minimum atomic E-state index is -1.12. The standard InChI is InChI=1S/C26H32N2O6/c1-4-5-14-22(25(30)31)27-24(29)23(16(2)33-3)28-26(32)34-15-21-19-12-8-6-10-17(19)18-11-7-9-13-20(18)21/h6-13,16,21-23H,4-5,14-15H2,1-3H3,(H,27,29)(H,28,32)(H,30,31)/t16-,22+,23+/m1/s1. The molecule has 0 aliphatic heterocycles. The highest BCUT2D eigenvalue weighted by Crippen LogP contribution is 2.44. The molecule has 0 bridgehead atoms. The summed E-state index contributed by atoms with van der Waals surface area (Å²) in [7, 11) is 1.41. The predicted octanol–water partition coefficient (Wildman–Crippen LogP) is 3.69. The van der Waals surface area contributed by atoms with Crippen LogP contribution in [-0.4, -0.2) is 55.0 Å². The van der Waals surface area contributed by atoms with Crippen LogP contribution in [-0.2, 0) is 19.1 Å². The van der Waals surface area contributed by atoms with Crippen LogP contribution in [0.25, 0.3) is 11.1 Å². The second kappa shape index (κ2) is 11.7. The van der Waals surface area contributed by atoms with Crippen molar-refractivity contribution in [2.45, 2.75) is 57.2 Å². The summed E-state index contributed by atoms with van der Waals surface area (Å²) in [6.45, 7) is 3.66. The number of fused-ring (bicyclic) bond motifs is 3. The number of carboxylic acid groups (broad SMARTS) is 1. The van der Waals surface area contributed by atoms with E-state index in [9.17, 15) is 19.5 Å². The first kappa shape index (κ1) is 25.2. The number of ether oxygens (including phenoxy) is 2. The number of carbonyl (C=O) groups is 3. The molecule has 0 aromatic heterocycles. The number of aliphatic carboxylic acids is 1.